The van der Waals surface area contributed by atoms with Gasteiger partial charge in [0.05, 0.1) is 0 Å². The number of rotatable bonds is 4. The van der Waals surface area contributed by atoms with Crippen molar-refractivity contribution in [2.45, 2.75) is 24.9 Å². The summed E-state index contributed by atoms with van der Waals surface area (Å²) in [6, 6.07) is 6.79. The molecule has 0 amide bonds. The highest BCUT2D eigenvalue weighted by Gasteiger charge is 2.27. The normalized spacial score (nSPS) is 13.5. The molecule has 1 unspecified atom stereocenters. The molecule has 0 spiro atoms. The molecular formula is C12H12ClF3. The third-order valence-electron chi connectivity index (χ3n) is 2.32. The Morgan fingerprint density at radius 3 is 2.25 bits per heavy atom. The molecule has 1 rings (SSSR count). The molecule has 1 aromatic rings. The molecule has 0 N–H and O–H groups in total. The summed E-state index contributed by atoms with van der Waals surface area (Å²) in [5.74, 6) is -0.279. The summed E-state index contributed by atoms with van der Waals surface area (Å²) in [4.78, 5) is 0. The maximum atomic E-state index is 12.1. The second kappa shape index (κ2) is 5.39. The van der Waals surface area contributed by atoms with Gasteiger partial charge >= 0.3 is 6.18 Å². The van der Waals surface area contributed by atoms with Gasteiger partial charge in [-0.2, -0.15) is 13.2 Å². The van der Waals surface area contributed by atoms with E-state index >= 15 is 0 Å². The molecule has 1 atom stereocenters. The van der Waals surface area contributed by atoms with E-state index in [4.69, 9.17) is 11.6 Å². The Balaban J connectivity index is 2.68. The van der Waals surface area contributed by atoms with Crippen molar-refractivity contribution in [3.8, 4) is 0 Å². The molecule has 16 heavy (non-hydrogen) atoms. The molecular weight excluding hydrogens is 237 g/mol. The highest BCUT2D eigenvalue weighted by atomic mass is 35.5. The van der Waals surface area contributed by atoms with Gasteiger partial charge in [0, 0.05) is 17.4 Å². The third kappa shape index (κ3) is 4.27. The summed E-state index contributed by atoms with van der Waals surface area (Å²) in [6.45, 7) is 3.56. The molecule has 1 aromatic carbocycles. The van der Waals surface area contributed by atoms with Crippen LogP contribution in [0.15, 0.2) is 36.9 Å². The molecule has 0 aromatic heterocycles. The Morgan fingerprint density at radius 1 is 1.25 bits per heavy atom. The monoisotopic (exact) mass is 248 g/mol. The lowest BCUT2D eigenvalue weighted by Crippen LogP contribution is -2.09. The van der Waals surface area contributed by atoms with E-state index in [0.717, 1.165) is 5.56 Å². The first-order valence-electron chi connectivity index (χ1n) is 4.87. The summed E-state index contributed by atoms with van der Waals surface area (Å²) in [6.07, 6.45) is -3.36. The van der Waals surface area contributed by atoms with Crippen LogP contribution in [-0.4, -0.2) is 6.18 Å². The van der Waals surface area contributed by atoms with Gasteiger partial charge in [-0.25, -0.2) is 0 Å². The second-order valence-corrected chi connectivity index (χ2v) is 3.98. The lowest BCUT2D eigenvalue weighted by Gasteiger charge is -2.14. The predicted octanol–water partition coefficient (Wildman–Crippen LogP) is 4.95. The topological polar surface area (TPSA) is 0 Å². The second-order valence-electron chi connectivity index (χ2n) is 3.55. The van der Waals surface area contributed by atoms with Crippen molar-refractivity contribution in [1.29, 1.82) is 0 Å². The highest BCUT2D eigenvalue weighted by Crippen LogP contribution is 2.30. The van der Waals surface area contributed by atoms with E-state index in [1.165, 1.54) is 6.08 Å². The maximum absolute atomic E-state index is 12.1. The molecule has 0 aliphatic rings. The van der Waals surface area contributed by atoms with Crippen molar-refractivity contribution >= 4 is 11.6 Å². The van der Waals surface area contributed by atoms with Gasteiger partial charge in [-0.15, -0.1) is 6.58 Å². The van der Waals surface area contributed by atoms with E-state index in [9.17, 15) is 13.2 Å². The molecule has 0 heterocycles. The average molecular weight is 249 g/mol. The Kier molecular flexibility index (Phi) is 4.42. The molecule has 0 nitrogen and oxygen atoms in total. The number of benzene rings is 1. The number of hydrogen-bond acceptors (Lipinski definition) is 0. The fourth-order valence-electron chi connectivity index (χ4n) is 1.45. The molecule has 0 radical (unpaired) electrons. The van der Waals surface area contributed by atoms with Gasteiger partial charge in [0.1, 0.15) is 0 Å². The fraction of sp³-hybridized carbons (Fsp3) is 0.333. The number of alkyl halides is 3. The first-order chi connectivity index (χ1) is 7.42. The molecule has 0 fully saturated rings. The SMILES string of the molecule is C=CC(CCC(F)(F)F)c1ccc(Cl)cc1. The van der Waals surface area contributed by atoms with Gasteiger partial charge in [-0.05, 0) is 24.1 Å². The zero-order valence-electron chi connectivity index (χ0n) is 8.60. The van der Waals surface area contributed by atoms with Crippen molar-refractivity contribution in [1.82, 2.24) is 0 Å². The predicted molar refractivity (Wildman–Crippen MR) is 59.7 cm³/mol. The summed E-state index contributed by atoms with van der Waals surface area (Å²) in [5.41, 5.74) is 0.809. The van der Waals surface area contributed by atoms with Crippen molar-refractivity contribution in [2.24, 2.45) is 0 Å². The van der Waals surface area contributed by atoms with Crippen LogP contribution in [0.3, 0.4) is 0 Å². The highest BCUT2D eigenvalue weighted by molar-refractivity contribution is 6.30. The van der Waals surface area contributed by atoms with E-state index in [1.807, 2.05) is 0 Å². The minimum Gasteiger partial charge on any atom is -0.171 e. The zero-order valence-corrected chi connectivity index (χ0v) is 9.35. The largest absolute Gasteiger partial charge is 0.389 e. The van der Waals surface area contributed by atoms with E-state index in [-0.39, 0.29) is 12.3 Å². The molecule has 4 heteroatoms. The van der Waals surface area contributed by atoms with Crippen LogP contribution in [0.4, 0.5) is 13.2 Å². The Hall–Kier alpha value is -0.960. The summed E-state index contributed by atoms with van der Waals surface area (Å²) >= 11 is 5.70. The van der Waals surface area contributed by atoms with Crippen LogP contribution in [-0.2, 0) is 0 Å². The molecule has 0 saturated carbocycles. The van der Waals surface area contributed by atoms with Gasteiger partial charge in [-0.1, -0.05) is 29.8 Å². The number of allylic oxidation sites excluding steroid dienone is 1. The van der Waals surface area contributed by atoms with Crippen LogP contribution in [0.2, 0.25) is 5.02 Å². The zero-order chi connectivity index (χ0) is 12.2. The van der Waals surface area contributed by atoms with Crippen molar-refractivity contribution in [3.05, 3.63) is 47.5 Å². The fourth-order valence-corrected chi connectivity index (χ4v) is 1.58. The van der Waals surface area contributed by atoms with Crippen molar-refractivity contribution < 1.29 is 13.2 Å². The minimum atomic E-state index is -4.12. The summed E-state index contributed by atoms with van der Waals surface area (Å²) < 4.78 is 36.2. The van der Waals surface area contributed by atoms with Gasteiger partial charge in [0.2, 0.25) is 0 Å². The average Bonchev–Trinajstić information content (AvgIpc) is 2.20. The summed E-state index contributed by atoms with van der Waals surface area (Å²) in [7, 11) is 0. The van der Waals surface area contributed by atoms with Crippen molar-refractivity contribution in [3.63, 3.8) is 0 Å². The Bertz CT molecular complexity index is 340. The Labute approximate surface area is 97.7 Å². The Morgan fingerprint density at radius 2 is 1.81 bits per heavy atom. The van der Waals surface area contributed by atoms with E-state index < -0.39 is 12.6 Å². The smallest absolute Gasteiger partial charge is 0.171 e. The van der Waals surface area contributed by atoms with Crippen LogP contribution in [0, 0.1) is 0 Å². The summed E-state index contributed by atoms with van der Waals surface area (Å²) in [5, 5.41) is 0.572. The molecule has 0 aliphatic heterocycles. The first-order valence-corrected chi connectivity index (χ1v) is 5.25. The molecule has 88 valence electrons. The molecule has 0 bridgehead atoms. The quantitative estimate of drug-likeness (QED) is 0.661. The third-order valence-corrected chi connectivity index (χ3v) is 2.57. The van der Waals surface area contributed by atoms with Gasteiger partial charge in [0.15, 0.2) is 0 Å². The van der Waals surface area contributed by atoms with Crippen LogP contribution in [0.5, 0.6) is 0 Å². The van der Waals surface area contributed by atoms with Crippen LogP contribution < -0.4 is 0 Å². The molecule has 0 aliphatic carbocycles. The van der Waals surface area contributed by atoms with E-state index in [2.05, 4.69) is 6.58 Å². The number of halogens is 4. The van der Waals surface area contributed by atoms with Crippen LogP contribution in [0.1, 0.15) is 24.3 Å². The standard InChI is InChI=1S/C12H12ClF3/c1-2-9(7-8-12(14,15)16)10-3-5-11(13)6-4-10/h2-6,9H,1,7-8H2. The van der Waals surface area contributed by atoms with Crippen molar-refractivity contribution in [2.75, 3.05) is 0 Å². The van der Waals surface area contributed by atoms with Gasteiger partial charge < -0.3 is 0 Å². The van der Waals surface area contributed by atoms with E-state index in [1.54, 1.807) is 24.3 Å². The van der Waals surface area contributed by atoms with Gasteiger partial charge in [-0.3, -0.25) is 0 Å². The first kappa shape index (κ1) is 13.1. The lowest BCUT2D eigenvalue weighted by molar-refractivity contribution is -0.135. The minimum absolute atomic E-state index is 0.0225. The molecule has 0 saturated heterocycles. The lowest BCUT2D eigenvalue weighted by atomic mass is 9.94. The van der Waals surface area contributed by atoms with E-state index in [0.29, 0.717) is 5.02 Å². The van der Waals surface area contributed by atoms with Crippen LogP contribution >= 0.6 is 11.6 Å². The van der Waals surface area contributed by atoms with Crippen LogP contribution in [0.25, 0.3) is 0 Å². The maximum Gasteiger partial charge on any atom is 0.389 e. The van der Waals surface area contributed by atoms with Gasteiger partial charge in [0.25, 0.3) is 0 Å². The number of hydrogen-bond donors (Lipinski definition) is 0.